The van der Waals surface area contributed by atoms with Crippen molar-refractivity contribution < 1.29 is 28.3 Å². The second-order valence-corrected chi connectivity index (χ2v) is 7.47. The van der Waals surface area contributed by atoms with Crippen molar-refractivity contribution in [3.8, 4) is 0 Å². The summed E-state index contributed by atoms with van der Waals surface area (Å²) < 4.78 is 21.6. The number of urea groups is 1. The standard InChI is InChI=1S/C20H19FN4O6/c1-4-31-19(29)11-8-25(9-5-6-9)16-10(15(11)26)7-12(21)14(22-16)13-17(27)23(2)20(30)24(3)18(13)28/h7-9,13H,4-6H2,1-3H3. The van der Waals surface area contributed by atoms with Gasteiger partial charge in [-0.25, -0.2) is 19.0 Å². The molecule has 2 aliphatic rings. The first kappa shape index (κ1) is 20.6. The fourth-order valence-corrected chi connectivity index (χ4v) is 3.59. The van der Waals surface area contributed by atoms with Gasteiger partial charge in [0.2, 0.25) is 17.2 Å². The maximum atomic E-state index is 15.1. The molecule has 0 bridgehead atoms. The Bertz CT molecular complexity index is 1190. The number of hydrogen-bond donors (Lipinski definition) is 0. The Labute approximate surface area is 175 Å². The van der Waals surface area contributed by atoms with E-state index in [-0.39, 0.29) is 29.2 Å². The molecule has 4 rings (SSSR count). The van der Waals surface area contributed by atoms with Gasteiger partial charge in [-0.1, -0.05) is 0 Å². The molecule has 11 heteroatoms. The number of imide groups is 2. The zero-order chi connectivity index (χ0) is 22.6. The molecule has 4 amide bonds. The molecule has 0 radical (unpaired) electrons. The molecule has 2 fully saturated rings. The second-order valence-electron chi connectivity index (χ2n) is 7.47. The Morgan fingerprint density at radius 3 is 2.32 bits per heavy atom. The number of amides is 4. The minimum absolute atomic E-state index is 0.0553. The number of halogens is 1. The summed E-state index contributed by atoms with van der Waals surface area (Å²) in [4.78, 5) is 67.9. The van der Waals surface area contributed by atoms with Crippen LogP contribution in [0, 0.1) is 5.82 Å². The fraction of sp³-hybridized carbons (Fsp3) is 0.400. The number of aromatic nitrogens is 2. The molecule has 0 unspecified atom stereocenters. The van der Waals surface area contributed by atoms with Crippen LogP contribution in [0.3, 0.4) is 0 Å². The normalized spacial score (nSPS) is 17.6. The number of ether oxygens (including phenoxy) is 1. The van der Waals surface area contributed by atoms with Crippen LogP contribution in [0.1, 0.15) is 47.8 Å². The van der Waals surface area contributed by atoms with Gasteiger partial charge in [0, 0.05) is 26.3 Å². The average Bonchev–Trinajstić information content (AvgIpc) is 3.57. The van der Waals surface area contributed by atoms with E-state index in [4.69, 9.17) is 4.74 Å². The molecule has 10 nitrogen and oxygen atoms in total. The van der Waals surface area contributed by atoms with Crippen molar-refractivity contribution in [3.05, 3.63) is 39.6 Å². The first-order valence-corrected chi connectivity index (χ1v) is 9.68. The molecule has 1 aliphatic heterocycles. The molecule has 162 valence electrons. The molecule has 31 heavy (non-hydrogen) atoms. The second kappa shape index (κ2) is 7.25. The van der Waals surface area contributed by atoms with Crippen molar-refractivity contribution in [2.75, 3.05) is 20.7 Å². The molecule has 0 spiro atoms. The zero-order valence-electron chi connectivity index (χ0n) is 17.0. The number of barbiturate groups is 1. The third-order valence-electron chi connectivity index (χ3n) is 5.42. The molecule has 0 N–H and O–H groups in total. The van der Waals surface area contributed by atoms with Gasteiger partial charge in [0.15, 0.2) is 5.92 Å². The van der Waals surface area contributed by atoms with Crippen molar-refractivity contribution in [2.45, 2.75) is 31.7 Å². The average molecular weight is 430 g/mol. The largest absolute Gasteiger partial charge is 0.462 e. The van der Waals surface area contributed by atoms with E-state index < -0.39 is 46.7 Å². The lowest BCUT2D eigenvalue weighted by molar-refractivity contribution is -0.143. The molecule has 1 saturated carbocycles. The van der Waals surface area contributed by atoms with Gasteiger partial charge in [-0.15, -0.1) is 0 Å². The van der Waals surface area contributed by atoms with Gasteiger partial charge in [-0.05, 0) is 25.8 Å². The number of fused-ring (bicyclic) bond motifs is 1. The molecule has 0 aromatic carbocycles. The third kappa shape index (κ3) is 3.16. The Morgan fingerprint density at radius 1 is 1.16 bits per heavy atom. The Hall–Kier alpha value is -3.63. The summed E-state index contributed by atoms with van der Waals surface area (Å²) in [5, 5.41) is -0.160. The number of carbonyl (C=O) groups excluding carboxylic acids is 4. The minimum Gasteiger partial charge on any atom is -0.462 e. The minimum atomic E-state index is -1.66. The van der Waals surface area contributed by atoms with Gasteiger partial charge in [0.05, 0.1) is 12.0 Å². The summed E-state index contributed by atoms with van der Waals surface area (Å²) in [7, 11) is 2.37. The third-order valence-corrected chi connectivity index (χ3v) is 5.42. The van der Waals surface area contributed by atoms with Crippen LogP contribution in [-0.2, 0) is 14.3 Å². The van der Waals surface area contributed by atoms with E-state index in [9.17, 15) is 24.0 Å². The summed E-state index contributed by atoms with van der Waals surface area (Å²) in [6.07, 6.45) is 2.84. The van der Waals surface area contributed by atoms with E-state index in [1.807, 2.05) is 0 Å². The van der Waals surface area contributed by atoms with Gasteiger partial charge in [-0.3, -0.25) is 24.2 Å². The smallest absolute Gasteiger partial charge is 0.343 e. The molecular weight excluding hydrogens is 411 g/mol. The van der Waals surface area contributed by atoms with E-state index in [1.54, 1.807) is 11.5 Å². The van der Waals surface area contributed by atoms with E-state index in [0.717, 1.165) is 28.7 Å². The van der Waals surface area contributed by atoms with Gasteiger partial charge < -0.3 is 9.30 Å². The number of nitrogens with zero attached hydrogens (tertiary/aromatic N) is 4. The van der Waals surface area contributed by atoms with Gasteiger partial charge in [0.1, 0.15) is 22.7 Å². The predicted molar refractivity (Wildman–Crippen MR) is 104 cm³/mol. The summed E-state index contributed by atoms with van der Waals surface area (Å²) in [5.74, 6) is -5.38. The lowest BCUT2D eigenvalue weighted by atomic mass is 9.98. The topological polar surface area (TPSA) is 119 Å². The lowest BCUT2D eigenvalue weighted by Crippen LogP contribution is -2.56. The maximum Gasteiger partial charge on any atom is 0.343 e. The van der Waals surface area contributed by atoms with E-state index >= 15 is 4.39 Å². The predicted octanol–water partition coefficient (Wildman–Crippen LogP) is 1.18. The highest BCUT2D eigenvalue weighted by molar-refractivity contribution is 6.19. The van der Waals surface area contributed by atoms with Gasteiger partial charge in [0.25, 0.3) is 0 Å². The Morgan fingerprint density at radius 2 is 1.77 bits per heavy atom. The Balaban J connectivity index is 1.94. The van der Waals surface area contributed by atoms with Crippen LogP contribution in [0.4, 0.5) is 9.18 Å². The number of esters is 1. The van der Waals surface area contributed by atoms with Crippen LogP contribution in [0.15, 0.2) is 17.1 Å². The number of pyridine rings is 2. The van der Waals surface area contributed by atoms with Crippen molar-refractivity contribution >= 4 is 34.8 Å². The van der Waals surface area contributed by atoms with Crippen LogP contribution in [0.5, 0.6) is 0 Å². The highest BCUT2D eigenvalue weighted by atomic mass is 19.1. The van der Waals surface area contributed by atoms with Crippen LogP contribution in [0.2, 0.25) is 0 Å². The first-order valence-electron chi connectivity index (χ1n) is 9.68. The Kier molecular flexibility index (Phi) is 4.83. The summed E-state index contributed by atoms with van der Waals surface area (Å²) in [6, 6.07) is -0.0216. The summed E-state index contributed by atoms with van der Waals surface area (Å²) in [5.41, 5.74) is -1.43. The van der Waals surface area contributed by atoms with Crippen molar-refractivity contribution in [1.82, 2.24) is 19.4 Å². The molecule has 1 aliphatic carbocycles. The van der Waals surface area contributed by atoms with Crippen LogP contribution < -0.4 is 5.43 Å². The number of rotatable bonds is 4. The first-order chi connectivity index (χ1) is 14.7. The van der Waals surface area contributed by atoms with E-state index in [0.29, 0.717) is 0 Å². The van der Waals surface area contributed by atoms with Crippen molar-refractivity contribution in [3.63, 3.8) is 0 Å². The van der Waals surface area contributed by atoms with Crippen molar-refractivity contribution in [2.24, 2.45) is 0 Å². The molecule has 0 atom stereocenters. The van der Waals surface area contributed by atoms with Crippen LogP contribution in [-0.4, -0.2) is 63.9 Å². The highest BCUT2D eigenvalue weighted by Crippen LogP contribution is 2.37. The molecule has 2 aromatic rings. The highest BCUT2D eigenvalue weighted by Gasteiger charge is 2.45. The number of likely N-dealkylation sites (N-methyl/N-ethyl adjacent to an activating group) is 2. The lowest BCUT2D eigenvalue weighted by Gasteiger charge is -2.32. The molecule has 1 saturated heterocycles. The van der Waals surface area contributed by atoms with Gasteiger partial charge in [-0.2, -0.15) is 0 Å². The SMILES string of the molecule is CCOC(=O)c1cn(C2CC2)c2nc(C3C(=O)N(C)C(=O)N(C)C3=O)c(F)cc2c1=O. The monoisotopic (exact) mass is 430 g/mol. The quantitative estimate of drug-likeness (QED) is 0.528. The van der Waals surface area contributed by atoms with E-state index in [2.05, 4.69) is 4.98 Å². The maximum absolute atomic E-state index is 15.1. The number of hydrogen-bond acceptors (Lipinski definition) is 7. The fourth-order valence-electron chi connectivity index (χ4n) is 3.59. The summed E-state index contributed by atoms with van der Waals surface area (Å²) in [6.45, 7) is 1.67. The van der Waals surface area contributed by atoms with Crippen molar-refractivity contribution in [1.29, 1.82) is 0 Å². The van der Waals surface area contributed by atoms with E-state index in [1.165, 1.54) is 20.3 Å². The molecule has 3 heterocycles. The molecular formula is C20H19FN4O6. The van der Waals surface area contributed by atoms with Crippen LogP contribution in [0.25, 0.3) is 11.0 Å². The number of carbonyl (C=O) groups is 4. The zero-order valence-corrected chi connectivity index (χ0v) is 17.0. The summed E-state index contributed by atoms with van der Waals surface area (Å²) >= 11 is 0. The molecule has 2 aromatic heterocycles. The van der Waals surface area contributed by atoms with Gasteiger partial charge >= 0.3 is 12.0 Å². The van der Waals surface area contributed by atoms with Crippen LogP contribution >= 0.6 is 0 Å².